The van der Waals surface area contributed by atoms with Crippen molar-refractivity contribution in [3.8, 4) is 0 Å². The molecule has 0 bridgehead atoms. The molecule has 1 aromatic carbocycles. The molecule has 1 saturated heterocycles. The van der Waals surface area contributed by atoms with Crippen molar-refractivity contribution in [3.63, 3.8) is 0 Å². The van der Waals surface area contributed by atoms with E-state index in [1.807, 2.05) is 12.1 Å². The summed E-state index contributed by atoms with van der Waals surface area (Å²) >= 11 is 0. The van der Waals surface area contributed by atoms with Crippen LogP contribution in [-0.2, 0) is 16.0 Å². The van der Waals surface area contributed by atoms with Crippen LogP contribution in [0.4, 0.5) is 0 Å². The molecule has 1 aromatic rings. The number of carbonyl (C=O) groups excluding carboxylic acids is 1. The van der Waals surface area contributed by atoms with E-state index in [4.69, 9.17) is 4.74 Å². The molecule has 1 N–H and O–H groups in total. The number of fused-ring (bicyclic) bond motifs is 1. The quantitative estimate of drug-likeness (QED) is 0.825. The van der Waals surface area contributed by atoms with Crippen molar-refractivity contribution >= 4 is 5.78 Å². The van der Waals surface area contributed by atoms with E-state index in [-0.39, 0.29) is 11.9 Å². The van der Waals surface area contributed by atoms with Crippen LogP contribution in [0.3, 0.4) is 0 Å². The first kappa shape index (κ1) is 11.9. The van der Waals surface area contributed by atoms with Gasteiger partial charge in [0.1, 0.15) is 0 Å². The van der Waals surface area contributed by atoms with E-state index in [9.17, 15) is 4.79 Å². The lowest BCUT2D eigenvalue weighted by molar-refractivity contribution is -0.169. The zero-order chi connectivity index (χ0) is 12.6. The predicted octanol–water partition coefficient (Wildman–Crippen LogP) is 2.36. The number of Topliss-reactive ketones (excluding diaryl/α,β-unsaturated/α-hetero) is 1. The summed E-state index contributed by atoms with van der Waals surface area (Å²) in [5, 5.41) is 3.32. The Hall–Kier alpha value is -1.19. The van der Waals surface area contributed by atoms with E-state index in [2.05, 4.69) is 24.4 Å². The molecular formula is C15H19NO2. The van der Waals surface area contributed by atoms with Crippen molar-refractivity contribution in [1.82, 2.24) is 5.32 Å². The van der Waals surface area contributed by atoms with Gasteiger partial charge in [0.05, 0.1) is 6.10 Å². The Morgan fingerprint density at radius 3 is 3.06 bits per heavy atom. The van der Waals surface area contributed by atoms with Crippen molar-refractivity contribution in [3.05, 3.63) is 35.4 Å². The number of benzene rings is 1. The standard InChI is InChI=1S/C15H19NO2/c1-2-13-12-7-4-3-6-11(12)10-15(18-13)14(17)8-5-9-16-15/h3-4,6-7,13,16H,2,5,8-10H2,1H3. The van der Waals surface area contributed by atoms with Gasteiger partial charge in [0, 0.05) is 12.8 Å². The molecule has 1 fully saturated rings. The SMILES string of the molecule is CCC1OC2(Cc3ccccc31)NCCCC2=O. The van der Waals surface area contributed by atoms with Gasteiger partial charge in [-0.25, -0.2) is 0 Å². The van der Waals surface area contributed by atoms with Crippen LogP contribution in [0.2, 0.25) is 0 Å². The molecule has 2 unspecified atom stereocenters. The minimum absolute atomic E-state index is 0.0319. The predicted molar refractivity (Wildman–Crippen MR) is 69.2 cm³/mol. The fourth-order valence-electron chi connectivity index (χ4n) is 3.04. The van der Waals surface area contributed by atoms with Gasteiger partial charge in [-0.15, -0.1) is 0 Å². The minimum Gasteiger partial charge on any atom is -0.345 e. The number of ether oxygens (including phenoxy) is 1. The van der Waals surface area contributed by atoms with Crippen molar-refractivity contribution in [2.75, 3.05) is 6.54 Å². The molecule has 2 aliphatic heterocycles. The lowest BCUT2D eigenvalue weighted by Gasteiger charge is -2.43. The van der Waals surface area contributed by atoms with Crippen molar-refractivity contribution < 1.29 is 9.53 Å². The lowest BCUT2D eigenvalue weighted by atomic mass is 9.85. The van der Waals surface area contributed by atoms with Gasteiger partial charge in [0.15, 0.2) is 11.5 Å². The molecular weight excluding hydrogens is 226 g/mol. The second-order valence-corrected chi connectivity index (χ2v) is 5.17. The molecule has 0 aromatic heterocycles. The zero-order valence-electron chi connectivity index (χ0n) is 10.7. The third kappa shape index (κ3) is 1.78. The van der Waals surface area contributed by atoms with Gasteiger partial charge in [0.2, 0.25) is 0 Å². The summed E-state index contributed by atoms with van der Waals surface area (Å²) in [5.74, 6) is 0.210. The summed E-state index contributed by atoms with van der Waals surface area (Å²) in [5.41, 5.74) is 1.73. The third-order valence-corrected chi connectivity index (χ3v) is 4.00. The Morgan fingerprint density at radius 2 is 2.28 bits per heavy atom. The van der Waals surface area contributed by atoms with Crippen molar-refractivity contribution in [2.24, 2.45) is 0 Å². The highest BCUT2D eigenvalue weighted by Crippen LogP contribution is 2.38. The van der Waals surface area contributed by atoms with Gasteiger partial charge in [-0.3, -0.25) is 10.1 Å². The number of carbonyl (C=O) groups is 1. The van der Waals surface area contributed by atoms with Gasteiger partial charge in [-0.1, -0.05) is 31.2 Å². The number of ketones is 1. The summed E-state index contributed by atoms with van der Waals surface area (Å²) in [6, 6.07) is 8.31. The van der Waals surface area contributed by atoms with Crippen LogP contribution < -0.4 is 5.32 Å². The molecule has 3 rings (SSSR count). The van der Waals surface area contributed by atoms with Crippen LogP contribution >= 0.6 is 0 Å². The normalized spacial score (nSPS) is 31.4. The van der Waals surface area contributed by atoms with Crippen LogP contribution in [0.1, 0.15) is 43.4 Å². The largest absolute Gasteiger partial charge is 0.345 e. The Balaban J connectivity index is 2.00. The van der Waals surface area contributed by atoms with Gasteiger partial charge in [0.25, 0.3) is 0 Å². The first-order valence-corrected chi connectivity index (χ1v) is 6.79. The highest BCUT2D eigenvalue weighted by atomic mass is 16.5. The maximum atomic E-state index is 12.3. The number of hydrogen-bond donors (Lipinski definition) is 1. The molecule has 2 heterocycles. The van der Waals surface area contributed by atoms with E-state index in [0.29, 0.717) is 12.8 Å². The van der Waals surface area contributed by atoms with E-state index < -0.39 is 5.72 Å². The topological polar surface area (TPSA) is 38.3 Å². The third-order valence-electron chi connectivity index (χ3n) is 4.00. The van der Waals surface area contributed by atoms with E-state index in [1.54, 1.807) is 0 Å². The van der Waals surface area contributed by atoms with Crippen LogP contribution in [0.25, 0.3) is 0 Å². The summed E-state index contributed by atoms with van der Waals surface area (Å²) < 4.78 is 6.14. The minimum atomic E-state index is -0.757. The molecule has 2 aliphatic rings. The maximum Gasteiger partial charge on any atom is 0.183 e. The highest BCUT2D eigenvalue weighted by molar-refractivity contribution is 5.88. The average Bonchev–Trinajstić information content (AvgIpc) is 2.41. The number of hydrogen-bond acceptors (Lipinski definition) is 3. The first-order chi connectivity index (χ1) is 8.75. The number of rotatable bonds is 1. The Kier molecular flexibility index (Phi) is 2.96. The molecule has 96 valence electrons. The lowest BCUT2D eigenvalue weighted by Crippen LogP contribution is -2.60. The van der Waals surface area contributed by atoms with Gasteiger partial charge in [-0.2, -0.15) is 0 Å². The fourth-order valence-corrected chi connectivity index (χ4v) is 3.04. The number of piperidine rings is 1. The Morgan fingerprint density at radius 1 is 1.44 bits per heavy atom. The van der Waals surface area contributed by atoms with E-state index in [0.717, 1.165) is 19.4 Å². The molecule has 2 atom stereocenters. The van der Waals surface area contributed by atoms with E-state index in [1.165, 1.54) is 11.1 Å². The average molecular weight is 245 g/mol. The molecule has 0 aliphatic carbocycles. The molecule has 0 amide bonds. The molecule has 0 saturated carbocycles. The summed E-state index contributed by atoms with van der Waals surface area (Å²) in [4.78, 5) is 12.3. The Bertz CT molecular complexity index is 471. The van der Waals surface area contributed by atoms with Gasteiger partial charge < -0.3 is 4.74 Å². The van der Waals surface area contributed by atoms with Crippen molar-refractivity contribution in [1.29, 1.82) is 0 Å². The molecule has 3 nitrogen and oxygen atoms in total. The first-order valence-electron chi connectivity index (χ1n) is 6.79. The molecule has 0 radical (unpaired) electrons. The summed E-state index contributed by atoms with van der Waals surface area (Å²) in [7, 11) is 0. The zero-order valence-corrected chi connectivity index (χ0v) is 10.7. The second kappa shape index (κ2) is 4.48. The molecule has 18 heavy (non-hydrogen) atoms. The summed E-state index contributed by atoms with van der Waals surface area (Å²) in [6.45, 7) is 2.97. The Labute approximate surface area is 108 Å². The van der Waals surface area contributed by atoms with E-state index >= 15 is 0 Å². The van der Waals surface area contributed by atoms with Gasteiger partial charge in [-0.05, 0) is 30.5 Å². The fraction of sp³-hybridized carbons (Fsp3) is 0.533. The van der Waals surface area contributed by atoms with Crippen molar-refractivity contribution in [2.45, 2.75) is 44.4 Å². The monoisotopic (exact) mass is 245 g/mol. The van der Waals surface area contributed by atoms with Crippen LogP contribution in [0.15, 0.2) is 24.3 Å². The summed E-state index contributed by atoms with van der Waals surface area (Å²) in [6.07, 6.45) is 3.14. The second-order valence-electron chi connectivity index (χ2n) is 5.17. The maximum absolute atomic E-state index is 12.3. The molecule has 3 heteroatoms. The number of nitrogens with one attached hydrogen (secondary N) is 1. The molecule has 1 spiro atoms. The van der Waals surface area contributed by atoms with Crippen LogP contribution in [-0.4, -0.2) is 18.1 Å². The van der Waals surface area contributed by atoms with Crippen LogP contribution in [0.5, 0.6) is 0 Å². The smallest absolute Gasteiger partial charge is 0.183 e. The van der Waals surface area contributed by atoms with Gasteiger partial charge >= 0.3 is 0 Å². The highest BCUT2D eigenvalue weighted by Gasteiger charge is 2.46. The van der Waals surface area contributed by atoms with Crippen LogP contribution in [0, 0.1) is 0 Å².